The fraction of sp³-hybridized carbons (Fsp3) is 0.650. The molecule has 0 aromatic heterocycles. The number of hydrogen-bond acceptors (Lipinski definition) is 4. The monoisotopic (exact) mass is 397 g/mol. The quantitative estimate of drug-likeness (QED) is 0.469. The molecular formula is C20H35N3O3S. The van der Waals surface area contributed by atoms with Gasteiger partial charge in [-0.3, -0.25) is 4.99 Å². The van der Waals surface area contributed by atoms with Gasteiger partial charge in [-0.05, 0) is 39.2 Å². The Morgan fingerprint density at radius 3 is 2.44 bits per heavy atom. The number of nitrogens with one attached hydrogen (secondary N) is 2. The van der Waals surface area contributed by atoms with Crippen LogP contribution in [0.25, 0.3) is 0 Å². The molecule has 0 aliphatic rings. The van der Waals surface area contributed by atoms with Crippen molar-refractivity contribution in [3.63, 3.8) is 0 Å². The third-order valence-corrected chi connectivity index (χ3v) is 6.62. The van der Waals surface area contributed by atoms with Gasteiger partial charge in [-0.15, -0.1) is 0 Å². The molecule has 0 saturated heterocycles. The van der Waals surface area contributed by atoms with Crippen molar-refractivity contribution in [1.82, 2.24) is 10.6 Å². The standard InChI is InChI=1S/C20H35N3O3S/c1-6-21-19(22-12-13-27(24,25)20(3,4)5)23-14-17(2)15-26-16-18-10-8-7-9-11-18/h7-11,17H,6,12-16H2,1-5H3,(H2,21,22,23). The number of nitrogens with zero attached hydrogens (tertiary/aromatic N) is 1. The highest BCUT2D eigenvalue weighted by atomic mass is 32.2. The van der Waals surface area contributed by atoms with E-state index in [1.807, 2.05) is 37.3 Å². The van der Waals surface area contributed by atoms with Crippen molar-refractivity contribution < 1.29 is 13.2 Å². The zero-order chi connectivity index (χ0) is 20.3. The average molecular weight is 398 g/mol. The molecule has 154 valence electrons. The molecule has 7 heteroatoms. The van der Waals surface area contributed by atoms with Gasteiger partial charge in [0.15, 0.2) is 15.8 Å². The van der Waals surface area contributed by atoms with E-state index < -0.39 is 14.6 Å². The molecule has 6 nitrogen and oxygen atoms in total. The van der Waals surface area contributed by atoms with Crippen LogP contribution in [0.5, 0.6) is 0 Å². The average Bonchev–Trinajstić information content (AvgIpc) is 2.59. The molecular weight excluding hydrogens is 362 g/mol. The smallest absolute Gasteiger partial charge is 0.191 e. The van der Waals surface area contributed by atoms with Gasteiger partial charge in [0.25, 0.3) is 0 Å². The summed E-state index contributed by atoms with van der Waals surface area (Å²) in [6.45, 7) is 12.1. The van der Waals surface area contributed by atoms with E-state index in [2.05, 4.69) is 22.5 Å². The third-order valence-electron chi connectivity index (χ3n) is 4.02. The molecule has 0 fully saturated rings. The van der Waals surface area contributed by atoms with Gasteiger partial charge in [-0.2, -0.15) is 0 Å². The molecule has 0 aliphatic carbocycles. The fourth-order valence-electron chi connectivity index (χ4n) is 2.20. The maximum absolute atomic E-state index is 12.2. The molecule has 1 unspecified atom stereocenters. The van der Waals surface area contributed by atoms with Crippen molar-refractivity contribution in [2.24, 2.45) is 10.9 Å². The summed E-state index contributed by atoms with van der Waals surface area (Å²) in [6, 6.07) is 10.1. The minimum Gasteiger partial charge on any atom is -0.376 e. The van der Waals surface area contributed by atoms with Crippen LogP contribution in [0.15, 0.2) is 35.3 Å². The lowest BCUT2D eigenvalue weighted by molar-refractivity contribution is 0.0945. The van der Waals surface area contributed by atoms with Crippen molar-refractivity contribution in [3.8, 4) is 0 Å². The first-order chi connectivity index (χ1) is 12.7. The maximum Gasteiger partial charge on any atom is 0.191 e. The number of guanidine groups is 1. The van der Waals surface area contributed by atoms with E-state index in [-0.39, 0.29) is 11.7 Å². The van der Waals surface area contributed by atoms with Crippen LogP contribution < -0.4 is 10.6 Å². The van der Waals surface area contributed by atoms with Gasteiger partial charge in [-0.25, -0.2) is 8.42 Å². The van der Waals surface area contributed by atoms with E-state index in [1.165, 1.54) is 0 Å². The summed E-state index contributed by atoms with van der Waals surface area (Å²) < 4.78 is 29.4. The van der Waals surface area contributed by atoms with Crippen LogP contribution in [0.3, 0.4) is 0 Å². The van der Waals surface area contributed by atoms with Crippen molar-refractivity contribution in [1.29, 1.82) is 0 Å². The highest BCUT2D eigenvalue weighted by Gasteiger charge is 2.28. The highest BCUT2D eigenvalue weighted by molar-refractivity contribution is 7.92. The van der Waals surface area contributed by atoms with E-state index in [0.29, 0.717) is 32.3 Å². The Morgan fingerprint density at radius 1 is 1.19 bits per heavy atom. The second-order valence-corrected chi connectivity index (χ2v) is 10.5. The minimum absolute atomic E-state index is 0.0800. The van der Waals surface area contributed by atoms with Gasteiger partial charge < -0.3 is 15.4 Å². The first kappa shape index (κ1) is 23.4. The molecule has 0 radical (unpaired) electrons. The first-order valence-electron chi connectivity index (χ1n) is 9.52. The molecule has 0 spiro atoms. The molecule has 1 atom stereocenters. The SMILES string of the molecule is CCNC(=NCC(C)COCc1ccccc1)NCCS(=O)(=O)C(C)(C)C. The predicted octanol–water partition coefficient (Wildman–Crippen LogP) is 2.61. The summed E-state index contributed by atoms with van der Waals surface area (Å²) in [7, 11) is -3.14. The second kappa shape index (κ2) is 11.3. The normalized spacial score (nSPS) is 14.0. The van der Waals surface area contributed by atoms with Crippen LogP contribution in [0.1, 0.15) is 40.2 Å². The lowest BCUT2D eigenvalue weighted by Crippen LogP contribution is -2.42. The zero-order valence-electron chi connectivity index (χ0n) is 17.3. The van der Waals surface area contributed by atoms with E-state index in [0.717, 1.165) is 12.1 Å². The molecule has 1 aromatic carbocycles. The van der Waals surface area contributed by atoms with Gasteiger partial charge >= 0.3 is 0 Å². The molecule has 0 amide bonds. The zero-order valence-corrected chi connectivity index (χ0v) is 18.1. The number of benzene rings is 1. The molecule has 0 aliphatic heterocycles. The Labute approximate surface area is 164 Å². The van der Waals surface area contributed by atoms with E-state index in [4.69, 9.17) is 4.74 Å². The topological polar surface area (TPSA) is 79.8 Å². The fourth-order valence-corrected chi connectivity index (χ4v) is 3.19. The number of aliphatic imine (C=N–C) groups is 1. The lowest BCUT2D eigenvalue weighted by Gasteiger charge is -2.20. The van der Waals surface area contributed by atoms with Crippen LogP contribution >= 0.6 is 0 Å². The van der Waals surface area contributed by atoms with Gasteiger partial charge in [0.05, 0.1) is 23.7 Å². The van der Waals surface area contributed by atoms with Gasteiger partial charge in [0.2, 0.25) is 0 Å². The summed E-state index contributed by atoms with van der Waals surface area (Å²) in [5.74, 6) is 0.982. The highest BCUT2D eigenvalue weighted by Crippen LogP contribution is 2.15. The van der Waals surface area contributed by atoms with Crippen LogP contribution in [0.2, 0.25) is 0 Å². The Balaban J connectivity index is 2.41. The Hall–Kier alpha value is -1.60. The lowest BCUT2D eigenvalue weighted by atomic mass is 10.2. The molecule has 0 heterocycles. The summed E-state index contributed by atoms with van der Waals surface area (Å²) in [4.78, 5) is 4.54. The summed E-state index contributed by atoms with van der Waals surface area (Å²) in [6.07, 6.45) is 0. The van der Waals surface area contributed by atoms with E-state index in [1.54, 1.807) is 20.8 Å². The van der Waals surface area contributed by atoms with Crippen molar-refractivity contribution in [2.75, 3.05) is 32.0 Å². The van der Waals surface area contributed by atoms with Gasteiger partial charge in [-0.1, -0.05) is 37.3 Å². The van der Waals surface area contributed by atoms with Crippen LogP contribution in [-0.4, -0.2) is 51.1 Å². The molecule has 0 saturated carbocycles. The first-order valence-corrected chi connectivity index (χ1v) is 11.2. The van der Waals surface area contributed by atoms with Crippen LogP contribution in [0.4, 0.5) is 0 Å². The summed E-state index contributed by atoms with van der Waals surface area (Å²) >= 11 is 0. The molecule has 1 rings (SSSR count). The van der Waals surface area contributed by atoms with Crippen molar-refractivity contribution in [2.45, 2.75) is 46.0 Å². The maximum atomic E-state index is 12.2. The number of rotatable bonds is 10. The third kappa shape index (κ3) is 9.24. The summed E-state index contributed by atoms with van der Waals surface area (Å²) in [5, 5.41) is 6.25. The Bertz CT molecular complexity index is 667. The van der Waals surface area contributed by atoms with Gasteiger partial charge in [0, 0.05) is 19.6 Å². The largest absolute Gasteiger partial charge is 0.376 e. The number of ether oxygens (including phenoxy) is 1. The van der Waals surface area contributed by atoms with E-state index >= 15 is 0 Å². The predicted molar refractivity (Wildman–Crippen MR) is 113 cm³/mol. The number of hydrogen-bond donors (Lipinski definition) is 2. The van der Waals surface area contributed by atoms with Crippen LogP contribution in [-0.2, 0) is 21.2 Å². The molecule has 1 aromatic rings. The number of sulfone groups is 1. The van der Waals surface area contributed by atoms with E-state index in [9.17, 15) is 8.42 Å². The molecule has 2 N–H and O–H groups in total. The second-order valence-electron chi connectivity index (χ2n) is 7.68. The van der Waals surface area contributed by atoms with Crippen molar-refractivity contribution >= 4 is 15.8 Å². The van der Waals surface area contributed by atoms with Crippen LogP contribution in [0, 0.1) is 5.92 Å². The molecule has 0 bridgehead atoms. The van der Waals surface area contributed by atoms with Crippen molar-refractivity contribution in [3.05, 3.63) is 35.9 Å². The van der Waals surface area contributed by atoms with Gasteiger partial charge in [0.1, 0.15) is 0 Å². The Morgan fingerprint density at radius 2 is 1.85 bits per heavy atom. The summed E-state index contributed by atoms with van der Waals surface area (Å²) in [5.41, 5.74) is 1.16. The Kier molecular flexibility index (Phi) is 9.80. The molecule has 27 heavy (non-hydrogen) atoms. The minimum atomic E-state index is -3.14.